The minimum atomic E-state index is -0.0658. The number of carbonyl (C=O) groups excluding carboxylic acids is 2. The SMILES string of the molecule is COc1ccccc1C(CNC(=O)N1CCCN(C(=O)c2cccc(C)c2)CC1)N1CCCC1. The van der Waals surface area contributed by atoms with E-state index in [2.05, 4.69) is 16.3 Å². The van der Waals surface area contributed by atoms with Gasteiger partial charge in [0.2, 0.25) is 0 Å². The lowest BCUT2D eigenvalue weighted by Crippen LogP contribution is -2.45. The van der Waals surface area contributed by atoms with Crippen molar-refractivity contribution in [1.82, 2.24) is 20.0 Å². The Morgan fingerprint density at radius 3 is 2.41 bits per heavy atom. The minimum Gasteiger partial charge on any atom is -0.496 e. The third-order valence-electron chi connectivity index (χ3n) is 6.86. The first-order chi connectivity index (χ1) is 16.6. The maximum absolute atomic E-state index is 13.1. The summed E-state index contributed by atoms with van der Waals surface area (Å²) in [4.78, 5) is 32.2. The zero-order chi connectivity index (χ0) is 23.9. The second-order valence-electron chi connectivity index (χ2n) is 9.19. The molecule has 2 aromatic rings. The molecule has 1 N–H and O–H groups in total. The van der Waals surface area contributed by atoms with E-state index in [1.165, 1.54) is 12.8 Å². The minimum absolute atomic E-state index is 0.0382. The summed E-state index contributed by atoms with van der Waals surface area (Å²) >= 11 is 0. The molecule has 4 rings (SSSR count). The molecule has 0 saturated carbocycles. The lowest BCUT2D eigenvalue weighted by molar-refractivity contribution is 0.0762. The largest absolute Gasteiger partial charge is 0.496 e. The van der Waals surface area contributed by atoms with Gasteiger partial charge in [0, 0.05) is 43.9 Å². The average Bonchev–Trinajstić information content (AvgIpc) is 3.27. The van der Waals surface area contributed by atoms with Crippen LogP contribution < -0.4 is 10.1 Å². The van der Waals surface area contributed by atoms with E-state index in [1.807, 2.05) is 59.2 Å². The van der Waals surface area contributed by atoms with Crippen LogP contribution in [0.25, 0.3) is 0 Å². The van der Waals surface area contributed by atoms with E-state index in [4.69, 9.17) is 4.74 Å². The average molecular weight is 465 g/mol. The molecule has 0 radical (unpaired) electrons. The molecule has 3 amide bonds. The summed E-state index contributed by atoms with van der Waals surface area (Å²) in [5.41, 5.74) is 2.89. The lowest BCUT2D eigenvalue weighted by Gasteiger charge is -2.30. The summed E-state index contributed by atoms with van der Waals surface area (Å²) < 4.78 is 5.62. The number of ether oxygens (including phenoxy) is 1. The lowest BCUT2D eigenvalue weighted by atomic mass is 10.0. The third-order valence-corrected chi connectivity index (χ3v) is 6.86. The third kappa shape index (κ3) is 5.70. The highest BCUT2D eigenvalue weighted by Gasteiger charge is 2.28. The highest BCUT2D eigenvalue weighted by Crippen LogP contribution is 2.31. The van der Waals surface area contributed by atoms with Gasteiger partial charge in [0.1, 0.15) is 5.75 Å². The van der Waals surface area contributed by atoms with Gasteiger partial charge < -0.3 is 19.9 Å². The van der Waals surface area contributed by atoms with Crippen molar-refractivity contribution < 1.29 is 14.3 Å². The standard InChI is InChI=1S/C27H36N4O3/c1-21-9-7-10-22(19-21)26(32)30-15-8-16-31(18-17-30)27(33)28-20-24(29-13-5-6-14-29)23-11-3-4-12-25(23)34-2/h3-4,7,9-12,19,24H,5-6,8,13-18,20H2,1-2H3,(H,28,33). The molecular formula is C27H36N4O3. The number of rotatable bonds is 6. The fourth-order valence-electron chi connectivity index (χ4n) is 5.01. The Bertz CT molecular complexity index is 989. The molecule has 0 aromatic heterocycles. The first kappa shape index (κ1) is 24.1. The van der Waals surface area contributed by atoms with Crippen LogP contribution in [0.5, 0.6) is 5.75 Å². The number of methoxy groups -OCH3 is 1. The van der Waals surface area contributed by atoms with E-state index >= 15 is 0 Å². The number of benzene rings is 2. The molecule has 2 fully saturated rings. The van der Waals surface area contributed by atoms with Crippen molar-refractivity contribution in [2.75, 3.05) is 52.9 Å². The van der Waals surface area contributed by atoms with Crippen LogP contribution in [0.15, 0.2) is 48.5 Å². The molecule has 0 spiro atoms. The molecule has 1 atom stereocenters. The number of para-hydroxylation sites is 1. The molecular weight excluding hydrogens is 428 g/mol. The molecule has 182 valence electrons. The molecule has 0 bridgehead atoms. The maximum atomic E-state index is 13.1. The Kier molecular flexibility index (Phi) is 8.06. The van der Waals surface area contributed by atoms with Crippen LogP contribution >= 0.6 is 0 Å². The van der Waals surface area contributed by atoms with Gasteiger partial charge in [-0.05, 0) is 57.5 Å². The molecule has 34 heavy (non-hydrogen) atoms. The van der Waals surface area contributed by atoms with E-state index in [0.29, 0.717) is 38.3 Å². The van der Waals surface area contributed by atoms with Gasteiger partial charge in [-0.15, -0.1) is 0 Å². The van der Waals surface area contributed by atoms with Gasteiger partial charge >= 0.3 is 6.03 Å². The van der Waals surface area contributed by atoms with Crippen molar-refractivity contribution in [2.24, 2.45) is 0 Å². The summed E-state index contributed by atoms with van der Waals surface area (Å²) in [6, 6.07) is 15.8. The number of nitrogens with one attached hydrogen (secondary N) is 1. The van der Waals surface area contributed by atoms with Crippen LogP contribution in [-0.2, 0) is 0 Å². The van der Waals surface area contributed by atoms with Crippen molar-refractivity contribution >= 4 is 11.9 Å². The van der Waals surface area contributed by atoms with Crippen molar-refractivity contribution in [1.29, 1.82) is 0 Å². The Balaban J connectivity index is 1.37. The van der Waals surface area contributed by atoms with E-state index in [1.54, 1.807) is 7.11 Å². The van der Waals surface area contributed by atoms with Gasteiger partial charge in [0.15, 0.2) is 0 Å². The summed E-state index contributed by atoms with van der Waals surface area (Å²) in [6.45, 7) is 6.96. The van der Waals surface area contributed by atoms with E-state index in [-0.39, 0.29) is 18.0 Å². The molecule has 2 aliphatic rings. The zero-order valence-electron chi connectivity index (χ0n) is 20.3. The van der Waals surface area contributed by atoms with Crippen molar-refractivity contribution in [3.05, 3.63) is 65.2 Å². The van der Waals surface area contributed by atoms with Crippen molar-refractivity contribution in [3.8, 4) is 5.75 Å². The van der Waals surface area contributed by atoms with Crippen molar-refractivity contribution in [2.45, 2.75) is 32.2 Å². The number of urea groups is 1. The highest BCUT2D eigenvalue weighted by molar-refractivity contribution is 5.94. The molecule has 2 aromatic carbocycles. The van der Waals surface area contributed by atoms with Gasteiger partial charge in [-0.2, -0.15) is 0 Å². The summed E-state index contributed by atoms with van der Waals surface area (Å²) in [5.74, 6) is 0.893. The predicted molar refractivity (Wildman–Crippen MR) is 133 cm³/mol. The van der Waals surface area contributed by atoms with Crippen LogP contribution in [-0.4, -0.2) is 79.6 Å². The molecule has 1 unspecified atom stereocenters. The fourth-order valence-corrected chi connectivity index (χ4v) is 5.01. The molecule has 2 saturated heterocycles. The van der Waals surface area contributed by atoms with Crippen LogP contribution in [0.2, 0.25) is 0 Å². The monoisotopic (exact) mass is 464 g/mol. The number of amides is 3. The molecule has 2 heterocycles. The summed E-state index contributed by atoms with van der Waals surface area (Å²) in [5, 5.41) is 3.18. The summed E-state index contributed by atoms with van der Waals surface area (Å²) in [7, 11) is 1.69. The van der Waals surface area contributed by atoms with Gasteiger partial charge in [-0.3, -0.25) is 9.69 Å². The summed E-state index contributed by atoms with van der Waals surface area (Å²) in [6.07, 6.45) is 3.13. The number of aryl methyl sites for hydroxylation is 1. The topological polar surface area (TPSA) is 65.1 Å². The smallest absolute Gasteiger partial charge is 0.317 e. The van der Waals surface area contributed by atoms with E-state index in [0.717, 1.165) is 36.4 Å². The van der Waals surface area contributed by atoms with Gasteiger partial charge in [0.05, 0.1) is 13.2 Å². The molecule has 7 heteroatoms. The van der Waals surface area contributed by atoms with Gasteiger partial charge in [-0.1, -0.05) is 35.9 Å². The number of likely N-dealkylation sites (tertiary alicyclic amines) is 1. The molecule has 7 nitrogen and oxygen atoms in total. The number of hydrogen-bond acceptors (Lipinski definition) is 4. The van der Waals surface area contributed by atoms with Crippen LogP contribution in [0.3, 0.4) is 0 Å². The first-order valence-electron chi connectivity index (χ1n) is 12.3. The second kappa shape index (κ2) is 11.4. The molecule has 0 aliphatic carbocycles. The van der Waals surface area contributed by atoms with Crippen LogP contribution in [0, 0.1) is 6.92 Å². The van der Waals surface area contributed by atoms with E-state index in [9.17, 15) is 9.59 Å². The first-order valence-corrected chi connectivity index (χ1v) is 12.3. The van der Waals surface area contributed by atoms with Crippen molar-refractivity contribution in [3.63, 3.8) is 0 Å². The Hall–Kier alpha value is -3.06. The van der Waals surface area contributed by atoms with E-state index < -0.39 is 0 Å². The zero-order valence-corrected chi connectivity index (χ0v) is 20.3. The quantitative estimate of drug-likeness (QED) is 0.708. The second-order valence-corrected chi connectivity index (χ2v) is 9.19. The Morgan fingerprint density at radius 1 is 0.912 bits per heavy atom. The van der Waals surface area contributed by atoms with Gasteiger partial charge in [0.25, 0.3) is 5.91 Å². The van der Waals surface area contributed by atoms with Gasteiger partial charge in [-0.25, -0.2) is 4.79 Å². The Morgan fingerprint density at radius 2 is 1.65 bits per heavy atom. The number of carbonyl (C=O) groups is 2. The Labute approximate surface area is 202 Å². The van der Waals surface area contributed by atoms with Crippen LogP contribution in [0.4, 0.5) is 4.79 Å². The highest BCUT2D eigenvalue weighted by atomic mass is 16.5. The fraction of sp³-hybridized carbons (Fsp3) is 0.481. The number of nitrogens with zero attached hydrogens (tertiary/aromatic N) is 3. The maximum Gasteiger partial charge on any atom is 0.317 e. The normalized spacial score (nSPS) is 17.8. The predicted octanol–water partition coefficient (Wildman–Crippen LogP) is 3.70. The molecule has 2 aliphatic heterocycles. The number of hydrogen-bond donors (Lipinski definition) is 1. The van der Waals surface area contributed by atoms with Crippen LogP contribution in [0.1, 0.15) is 46.8 Å².